The molecule has 0 aromatic rings. The smallest absolute Gasteiger partial charge is 0.305 e. The first-order chi connectivity index (χ1) is 34.5. The van der Waals surface area contributed by atoms with Crippen molar-refractivity contribution in [3.05, 3.63) is 0 Å². The summed E-state index contributed by atoms with van der Waals surface area (Å²) in [5.74, 6) is -14.8. The number of thiol groups is 1. The molecule has 19 N–H and O–H groups in total. The molecule has 0 aromatic carbocycles. The van der Waals surface area contributed by atoms with E-state index in [1.807, 2.05) is 0 Å². The number of aliphatic carboxylic acids is 2. The van der Waals surface area contributed by atoms with Crippen LogP contribution < -0.4 is 70.8 Å². The Hall–Kier alpha value is -6.61. The Bertz CT molecular complexity index is 2070. The van der Waals surface area contributed by atoms with Crippen molar-refractivity contribution < 1.29 is 72.5 Å². The molecule has 33 heteroatoms. The van der Waals surface area contributed by atoms with Gasteiger partial charge in [0.1, 0.15) is 48.3 Å². The van der Waals surface area contributed by atoms with Crippen molar-refractivity contribution in [3.8, 4) is 0 Å². The largest absolute Gasteiger partial charge is 0.481 e. The number of fused-ring (bicyclic) bond motifs is 1. The van der Waals surface area contributed by atoms with E-state index < -0.39 is 151 Å². The van der Waals surface area contributed by atoms with Crippen LogP contribution in [0.3, 0.4) is 0 Å². The summed E-state index contributed by atoms with van der Waals surface area (Å²) in [6.07, 6.45) is -1.21. The van der Waals surface area contributed by atoms with Crippen molar-refractivity contribution in [3.63, 3.8) is 0 Å². The molecular formula is C40H65N15O15S3. The zero-order valence-corrected chi connectivity index (χ0v) is 42.3. The first kappa shape index (κ1) is 62.5. The molecule has 2 heterocycles. The van der Waals surface area contributed by atoms with E-state index in [1.165, 1.54) is 0 Å². The van der Waals surface area contributed by atoms with E-state index in [2.05, 4.69) is 65.5 Å². The highest BCUT2D eigenvalue weighted by Crippen LogP contribution is 2.24. The highest BCUT2D eigenvalue weighted by Gasteiger charge is 2.38. The highest BCUT2D eigenvalue weighted by molar-refractivity contribution is 8.76. The van der Waals surface area contributed by atoms with Crippen molar-refractivity contribution in [2.45, 2.75) is 113 Å². The molecule has 2 aliphatic heterocycles. The molecule has 2 aliphatic rings. The second-order valence-electron chi connectivity index (χ2n) is 16.4. The fourth-order valence-corrected chi connectivity index (χ4v) is 9.57. The quantitative estimate of drug-likeness (QED) is 0.0211. The molecule has 11 amide bonds. The van der Waals surface area contributed by atoms with Gasteiger partial charge in [0.05, 0.1) is 25.9 Å². The maximum atomic E-state index is 14.0. The lowest BCUT2D eigenvalue weighted by Crippen LogP contribution is -2.58. The summed E-state index contributed by atoms with van der Waals surface area (Å²) >= 11 is 4.10. The van der Waals surface area contributed by atoms with Crippen LogP contribution in [0.1, 0.15) is 64.7 Å². The topological polar surface area (TPSA) is 490 Å². The van der Waals surface area contributed by atoms with Gasteiger partial charge in [-0.1, -0.05) is 21.6 Å². The molecule has 8 atom stereocenters. The fraction of sp³-hybridized carbons (Fsp3) is 0.650. The number of carbonyl (C=O) groups excluding carboxylic acids is 11. The average Bonchev–Trinajstić information content (AvgIpc) is 3.82. The van der Waals surface area contributed by atoms with Gasteiger partial charge < -0.3 is 85.9 Å². The van der Waals surface area contributed by atoms with Crippen LogP contribution in [-0.4, -0.2) is 196 Å². The molecule has 0 radical (unpaired) electrons. The third-order valence-electron chi connectivity index (χ3n) is 10.6. The normalized spacial score (nSPS) is 24.1. The SMILES string of the molecule is CC(=O)NC(CS)C(=O)NC1CSSCC(C(N)=O)NC(=O)C(CC(=O)O)NC(=O)C2CCCN2C(=O)CNC(=O)C(CCCCN)NC(=O)C(CC(=O)O)NC(=O)CNC(=O)C(CCCN=C(N)N)NC1=O. The lowest BCUT2D eigenvalue weighted by atomic mass is 10.1. The van der Waals surface area contributed by atoms with Gasteiger partial charge in [0.25, 0.3) is 0 Å². The van der Waals surface area contributed by atoms with Crippen LogP contribution in [0, 0.1) is 0 Å². The van der Waals surface area contributed by atoms with Gasteiger partial charge >= 0.3 is 11.9 Å². The predicted octanol–water partition coefficient (Wildman–Crippen LogP) is -7.43. The number of hydrogen-bond acceptors (Lipinski definition) is 18. The number of nitrogens with zero attached hydrogens (tertiary/aromatic N) is 2. The molecule has 0 saturated carbocycles. The van der Waals surface area contributed by atoms with Crippen LogP contribution in [0.4, 0.5) is 0 Å². The van der Waals surface area contributed by atoms with E-state index in [1.54, 1.807) is 0 Å². The Morgan fingerprint density at radius 3 is 1.88 bits per heavy atom. The lowest BCUT2D eigenvalue weighted by molar-refractivity contribution is -0.143. The summed E-state index contributed by atoms with van der Waals surface area (Å²) < 4.78 is 0. The molecule has 2 rings (SSSR count). The number of aliphatic imine (C=N–C) groups is 1. The van der Waals surface area contributed by atoms with E-state index >= 15 is 0 Å². The maximum absolute atomic E-state index is 14.0. The molecule has 0 aromatic heterocycles. The highest BCUT2D eigenvalue weighted by atomic mass is 33.1. The second-order valence-corrected chi connectivity index (χ2v) is 19.4. The number of carboxylic acid groups (broad SMARTS) is 2. The van der Waals surface area contributed by atoms with E-state index in [0.717, 1.165) is 33.4 Å². The molecular weight excluding hydrogens is 1030 g/mol. The number of primary amides is 1. The minimum absolute atomic E-state index is 0.00621. The van der Waals surface area contributed by atoms with Crippen LogP contribution >= 0.6 is 34.2 Å². The number of carboxylic acids is 2. The second kappa shape index (κ2) is 32.5. The van der Waals surface area contributed by atoms with Gasteiger partial charge in [-0.2, -0.15) is 12.6 Å². The van der Waals surface area contributed by atoms with Crippen LogP contribution in [0.2, 0.25) is 0 Å². The number of nitrogens with one attached hydrogen (secondary N) is 9. The van der Waals surface area contributed by atoms with Crippen molar-refractivity contribution in [2.75, 3.05) is 50.0 Å². The molecule has 408 valence electrons. The van der Waals surface area contributed by atoms with Crippen LogP contribution in [0.15, 0.2) is 4.99 Å². The van der Waals surface area contributed by atoms with Crippen molar-refractivity contribution in [1.29, 1.82) is 0 Å². The molecule has 0 bridgehead atoms. The van der Waals surface area contributed by atoms with Crippen molar-refractivity contribution in [1.82, 2.24) is 52.8 Å². The number of amides is 11. The number of nitrogens with two attached hydrogens (primary N) is 4. The Labute approximate surface area is 431 Å². The van der Waals surface area contributed by atoms with Gasteiger partial charge in [-0.05, 0) is 51.5 Å². The monoisotopic (exact) mass is 1090 g/mol. The van der Waals surface area contributed by atoms with E-state index in [-0.39, 0.29) is 81.4 Å². The fourth-order valence-electron chi connectivity index (χ4n) is 6.97. The van der Waals surface area contributed by atoms with Crippen LogP contribution in [0.25, 0.3) is 0 Å². The molecule has 30 nitrogen and oxygen atoms in total. The summed E-state index contributed by atoms with van der Waals surface area (Å²) in [4.78, 5) is 175. The van der Waals surface area contributed by atoms with Gasteiger partial charge in [0, 0.05) is 37.3 Å². The third kappa shape index (κ3) is 23.2. The predicted molar refractivity (Wildman–Crippen MR) is 265 cm³/mol. The number of carbonyl (C=O) groups is 13. The number of rotatable bonds is 17. The minimum Gasteiger partial charge on any atom is -0.481 e. The molecule has 73 heavy (non-hydrogen) atoms. The van der Waals surface area contributed by atoms with Crippen molar-refractivity contribution in [2.24, 2.45) is 27.9 Å². The zero-order chi connectivity index (χ0) is 54.8. The summed E-state index contributed by atoms with van der Waals surface area (Å²) in [6.45, 7) is -0.313. The molecule has 2 saturated heterocycles. The minimum atomic E-state index is -1.83. The van der Waals surface area contributed by atoms with Gasteiger partial charge in [-0.25, -0.2) is 0 Å². The van der Waals surface area contributed by atoms with E-state index in [9.17, 15) is 72.5 Å². The zero-order valence-electron chi connectivity index (χ0n) is 39.8. The van der Waals surface area contributed by atoms with Gasteiger partial charge in [-0.3, -0.25) is 67.3 Å². The maximum Gasteiger partial charge on any atom is 0.305 e. The van der Waals surface area contributed by atoms with Gasteiger partial charge in [-0.15, -0.1) is 0 Å². The summed E-state index contributed by atoms with van der Waals surface area (Å²) in [5.41, 5.74) is 22.0. The standard InChI is InChI=1S/C40H65N15O15S3/c1-19(56)48-24(16-71)37(68)54-26-18-73-72-17-25(32(42)63)53-36(67)23(13-31(61)62)52-39(70)27-8-5-11-55(27)29(58)15-47-34(65)20(6-2-3-9-41)50-35(66)22(12-30(59)60)49-28(57)14-46-33(64)21(51-38(26)69)7-4-10-45-40(43)44/h20-27,71H,2-18,41H2,1H3,(H2,42,63)(H,46,64)(H,47,65)(H,48,56)(H,49,57)(H,50,66)(H,51,69)(H,52,70)(H,53,67)(H,54,68)(H,59,60)(H,61,62)(H4,43,44,45). The van der Waals surface area contributed by atoms with Crippen LogP contribution in [0.5, 0.6) is 0 Å². The molecule has 2 fully saturated rings. The number of guanidine groups is 1. The molecule has 0 spiro atoms. The number of unbranched alkanes of at least 4 members (excludes halogenated alkanes) is 1. The summed E-state index contributed by atoms with van der Waals surface area (Å²) in [7, 11) is 1.71. The summed E-state index contributed by atoms with van der Waals surface area (Å²) in [5, 5.41) is 40.5. The number of hydrogen-bond donors (Lipinski definition) is 16. The Morgan fingerprint density at radius 1 is 0.740 bits per heavy atom. The molecule has 8 unspecified atom stereocenters. The van der Waals surface area contributed by atoms with E-state index in [0.29, 0.717) is 6.42 Å². The lowest BCUT2D eigenvalue weighted by Gasteiger charge is -2.27. The first-order valence-corrected chi connectivity index (χ1v) is 25.9. The summed E-state index contributed by atoms with van der Waals surface area (Å²) in [6, 6.07) is -12.1. The van der Waals surface area contributed by atoms with Crippen molar-refractivity contribution >= 4 is 117 Å². The van der Waals surface area contributed by atoms with Crippen LogP contribution in [-0.2, 0) is 62.3 Å². The first-order valence-electron chi connectivity index (χ1n) is 22.7. The Balaban J connectivity index is 2.63. The van der Waals surface area contributed by atoms with Gasteiger partial charge in [0.15, 0.2) is 5.96 Å². The Morgan fingerprint density at radius 2 is 1.30 bits per heavy atom. The van der Waals surface area contributed by atoms with E-state index in [4.69, 9.17) is 22.9 Å². The Kier molecular flexibility index (Phi) is 27.8. The third-order valence-corrected chi connectivity index (χ3v) is 13.4. The average molecular weight is 1090 g/mol. The van der Waals surface area contributed by atoms with Gasteiger partial charge in [0.2, 0.25) is 65.0 Å². The molecule has 0 aliphatic carbocycles.